The van der Waals surface area contributed by atoms with Gasteiger partial charge >= 0.3 is 0 Å². The van der Waals surface area contributed by atoms with Crippen LogP contribution in [0.15, 0.2) is 5.16 Å². The summed E-state index contributed by atoms with van der Waals surface area (Å²) in [7, 11) is 2.05. The average molecular weight is 231 g/mol. The van der Waals surface area contributed by atoms with Crippen molar-refractivity contribution in [1.82, 2.24) is 4.90 Å². The zero-order chi connectivity index (χ0) is 12.4. The molecule has 0 saturated carbocycles. The molecule has 1 atom stereocenters. The number of aliphatic hydroxyl groups is 1. The van der Waals surface area contributed by atoms with E-state index >= 15 is 0 Å². The number of aliphatic hydroxyl groups excluding tert-OH is 1. The summed E-state index contributed by atoms with van der Waals surface area (Å²) in [6, 6.07) is 0.324. The van der Waals surface area contributed by atoms with Crippen molar-refractivity contribution >= 4 is 5.84 Å². The van der Waals surface area contributed by atoms with Gasteiger partial charge in [-0.2, -0.15) is 0 Å². The Bertz CT molecular complexity index is 198. The van der Waals surface area contributed by atoms with Crippen molar-refractivity contribution in [1.29, 1.82) is 0 Å². The van der Waals surface area contributed by atoms with E-state index in [1.165, 1.54) is 0 Å². The van der Waals surface area contributed by atoms with Crippen LogP contribution in [-0.4, -0.2) is 47.3 Å². The lowest BCUT2D eigenvalue weighted by Crippen LogP contribution is -2.35. The standard InChI is InChI=1S/C11H25N3O2/c1-3-10(9-11(12)13-16)14(2)7-5-4-6-8-15/h10,15-16H,3-9H2,1-2H3,(H2,12,13). The third-order valence-corrected chi connectivity index (χ3v) is 2.84. The molecule has 0 aromatic heterocycles. The first-order valence-corrected chi connectivity index (χ1v) is 5.93. The fourth-order valence-electron chi connectivity index (χ4n) is 1.73. The van der Waals surface area contributed by atoms with Crippen LogP contribution in [0.25, 0.3) is 0 Å². The highest BCUT2D eigenvalue weighted by atomic mass is 16.4. The van der Waals surface area contributed by atoms with E-state index in [4.69, 9.17) is 16.0 Å². The maximum Gasteiger partial charge on any atom is 0.140 e. The van der Waals surface area contributed by atoms with Gasteiger partial charge in [0.15, 0.2) is 0 Å². The monoisotopic (exact) mass is 231 g/mol. The van der Waals surface area contributed by atoms with E-state index in [1.807, 2.05) is 0 Å². The molecule has 0 aromatic rings. The van der Waals surface area contributed by atoms with E-state index < -0.39 is 0 Å². The van der Waals surface area contributed by atoms with Crippen LogP contribution in [0.4, 0.5) is 0 Å². The highest BCUT2D eigenvalue weighted by Gasteiger charge is 2.13. The molecule has 4 N–H and O–H groups in total. The van der Waals surface area contributed by atoms with Gasteiger partial charge in [0.2, 0.25) is 0 Å². The smallest absolute Gasteiger partial charge is 0.140 e. The Morgan fingerprint density at radius 3 is 2.56 bits per heavy atom. The Morgan fingerprint density at radius 1 is 1.38 bits per heavy atom. The van der Waals surface area contributed by atoms with E-state index in [0.29, 0.717) is 12.5 Å². The van der Waals surface area contributed by atoms with Gasteiger partial charge in [0, 0.05) is 19.1 Å². The molecule has 0 aromatic carbocycles. The van der Waals surface area contributed by atoms with E-state index in [-0.39, 0.29) is 12.4 Å². The molecule has 0 amide bonds. The normalized spacial score (nSPS) is 14.4. The van der Waals surface area contributed by atoms with E-state index in [9.17, 15) is 0 Å². The Hall–Kier alpha value is -0.810. The summed E-state index contributed by atoms with van der Waals surface area (Å²) in [4.78, 5) is 2.23. The summed E-state index contributed by atoms with van der Waals surface area (Å²) in [5.74, 6) is 0.286. The third-order valence-electron chi connectivity index (χ3n) is 2.84. The molecule has 96 valence electrons. The molecule has 0 fully saturated rings. The lowest BCUT2D eigenvalue weighted by Gasteiger charge is -2.26. The van der Waals surface area contributed by atoms with Crippen molar-refractivity contribution in [2.24, 2.45) is 10.9 Å². The minimum Gasteiger partial charge on any atom is -0.409 e. The fourth-order valence-corrected chi connectivity index (χ4v) is 1.73. The van der Waals surface area contributed by atoms with Crippen LogP contribution in [0.3, 0.4) is 0 Å². The summed E-state index contributed by atoms with van der Waals surface area (Å²) in [5.41, 5.74) is 5.50. The second kappa shape index (κ2) is 9.42. The average Bonchev–Trinajstić information content (AvgIpc) is 2.30. The van der Waals surface area contributed by atoms with E-state index in [0.717, 1.165) is 32.2 Å². The van der Waals surface area contributed by atoms with Crippen LogP contribution >= 0.6 is 0 Å². The molecule has 0 saturated heterocycles. The molecule has 5 heteroatoms. The number of hydrogen-bond donors (Lipinski definition) is 3. The quantitative estimate of drug-likeness (QED) is 0.182. The lowest BCUT2D eigenvalue weighted by molar-refractivity contribution is 0.227. The van der Waals surface area contributed by atoms with Gasteiger partial charge in [-0.1, -0.05) is 12.1 Å². The Labute approximate surface area is 97.9 Å². The minimum atomic E-state index is 0.269. The molecule has 16 heavy (non-hydrogen) atoms. The van der Waals surface area contributed by atoms with Crippen LogP contribution < -0.4 is 5.73 Å². The first-order valence-electron chi connectivity index (χ1n) is 5.93. The van der Waals surface area contributed by atoms with Gasteiger partial charge in [-0.15, -0.1) is 0 Å². The summed E-state index contributed by atoms with van der Waals surface area (Å²) < 4.78 is 0. The number of unbranched alkanes of at least 4 members (excludes halogenated alkanes) is 2. The van der Waals surface area contributed by atoms with Crippen molar-refractivity contribution < 1.29 is 10.3 Å². The Kier molecular flexibility index (Phi) is 8.94. The maximum atomic E-state index is 8.66. The molecule has 0 bridgehead atoms. The SMILES string of the molecule is CCC(CC(N)=NO)N(C)CCCCCO. The minimum absolute atomic E-state index is 0.269. The predicted octanol–water partition coefficient (Wildman–Crippen LogP) is 0.996. The van der Waals surface area contributed by atoms with E-state index in [2.05, 4.69) is 24.0 Å². The topological polar surface area (TPSA) is 82.1 Å². The second-order valence-corrected chi connectivity index (χ2v) is 4.12. The Balaban J connectivity index is 3.86. The number of nitrogens with zero attached hydrogens (tertiary/aromatic N) is 2. The summed E-state index contributed by atoms with van der Waals surface area (Å²) in [6.45, 7) is 3.35. The molecule has 0 aliphatic carbocycles. The van der Waals surface area contributed by atoms with Crippen molar-refractivity contribution in [3.05, 3.63) is 0 Å². The van der Waals surface area contributed by atoms with Gasteiger partial charge in [-0.3, -0.25) is 0 Å². The molecule has 0 aliphatic heterocycles. The zero-order valence-corrected chi connectivity index (χ0v) is 10.4. The van der Waals surface area contributed by atoms with E-state index in [1.54, 1.807) is 0 Å². The summed E-state index contributed by atoms with van der Waals surface area (Å²) in [5, 5.41) is 20.2. The first kappa shape index (κ1) is 15.2. The van der Waals surface area contributed by atoms with Crippen molar-refractivity contribution in [3.8, 4) is 0 Å². The second-order valence-electron chi connectivity index (χ2n) is 4.12. The van der Waals surface area contributed by atoms with Crippen LogP contribution in [0.2, 0.25) is 0 Å². The fraction of sp³-hybridized carbons (Fsp3) is 0.909. The molecule has 1 unspecified atom stereocenters. The third kappa shape index (κ3) is 6.63. The van der Waals surface area contributed by atoms with Gasteiger partial charge in [0.1, 0.15) is 5.84 Å². The molecule has 0 spiro atoms. The molecule has 0 radical (unpaired) electrons. The molecular weight excluding hydrogens is 206 g/mol. The van der Waals surface area contributed by atoms with Gasteiger partial charge in [-0.25, -0.2) is 0 Å². The van der Waals surface area contributed by atoms with Gasteiger partial charge in [0.05, 0.1) is 0 Å². The van der Waals surface area contributed by atoms with Gasteiger partial charge in [-0.05, 0) is 39.3 Å². The predicted molar refractivity (Wildman–Crippen MR) is 65.7 cm³/mol. The number of hydrogen-bond acceptors (Lipinski definition) is 4. The van der Waals surface area contributed by atoms with Crippen molar-refractivity contribution in [2.75, 3.05) is 20.2 Å². The number of oxime groups is 1. The summed E-state index contributed by atoms with van der Waals surface area (Å²) >= 11 is 0. The maximum absolute atomic E-state index is 8.66. The van der Waals surface area contributed by atoms with Crippen LogP contribution in [-0.2, 0) is 0 Å². The van der Waals surface area contributed by atoms with Crippen molar-refractivity contribution in [2.45, 2.75) is 45.1 Å². The highest BCUT2D eigenvalue weighted by Crippen LogP contribution is 2.08. The molecule has 5 nitrogen and oxygen atoms in total. The lowest BCUT2D eigenvalue weighted by atomic mass is 10.1. The largest absolute Gasteiger partial charge is 0.409 e. The molecular formula is C11H25N3O2. The highest BCUT2D eigenvalue weighted by molar-refractivity contribution is 5.80. The van der Waals surface area contributed by atoms with Crippen LogP contribution in [0.5, 0.6) is 0 Å². The molecule has 0 aliphatic rings. The molecule has 0 rings (SSSR count). The van der Waals surface area contributed by atoms with Gasteiger partial charge in [0.25, 0.3) is 0 Å². The van der Waals surface area contributed by atoms with Gasteiger partial charge < -0.3 is 20.9 Å². The first-order chi connectivity index (χ1) is 7.65. The van der Waals surface area contributed by atoms with Crippen LogP contribution in [0, 0.1) is 0 Å². The summed E-state index contributed by atoms with van der Waals surface area (Å²) in [6.07, 6.45) is 4.56. The number of nitrogens with two attached hydrogens (primary N) is 1. The Morgan fingerprint density at radius 2 is 2.06 bits per heavy atom. The van der Waals surface area contributed by atoms with Crippen LogP contribution in [0.1, 0.15) is 39.0 Å². The number of rotatable bonds is 9. The number of amidine groups is 1. The van der Waals surface area contributed by atoms with Crippen molar-refractivity contribution in [3.63, 3.8) is 0 Å². The molecule has 0 heterocycles. The zero-order valence-electron chi connectivity index (χ0n) is 10.4.